The number of hydrogen-bond acceptors (Lipinski definition) is 4. The highest BCUT2D eigenvalue weighted by Crippen LogP contribution is 2.31. The number of hydrogen-bond donors (Lipinski definition) is 1. The average Bonchev–Trinajstić information content (AvgIpc) is 3.09. The highest BCUT2D eigenvalue weighted by Gasteiger charge is 2.34. The summed E-state index contributed by atoms with van der Waals surface area (Å²) < 4.78 is 27.9. The summed E-state index contributed by atoms with van der Waals surface area (Å²) in [4.78, 5) is 4.96. The van der Waals surface area contributed by atoms with E-state index in [-0.39, 0.29) is 5.92 Å². The van der Waals surface area contributed by atoms with Crippen LogP contribution in [0, 0.1) is 13.8 Å². The largest absolute Gasteiger partial charge is 0.281 e. The van der Waals surface area contributed by atoms with Gasteiger partial charge in [-0.2, -0.15) is 9.40 Å². The highest BCUT2D eigenvalue weighted by molar-refractivity contribution is 7.89. The summed E-state index contributed by atoms with van der Waals surface area (Å²) in [6, 6.07) is 11.9. The Balaban J connectivity index is 1.49. The van der Waals surface area contributed by atoms with Crippen LogP contribution < -0.4 is 0 Å². The monoisotopic (exact) mass is 444 g/mol. The smallest absolute Gasteiger partial charge is 0.246 e. The van der Waals surface area contributed by atoms with E-state index in [2.05, 4.69) is 21.2 Å². The van der Waals surface area contributed by atoms with E-state index in [1.54, 1.807) is 18.2 Å². The Labute approximate surface area is 182 Å². The third-order valence-electron chi connectivity index (χ3n) is 5.63. The number of piperidine rings is 1. The van der Waals surface area contributed by atoms with E-state index in [1.807, 2.05) is 36.5 Å². The van der Waals surface area contributed by atoms with E-state index in [0.29, 0.717) is 29.4 Å². The van der Waals surface area contributed by atoms with Crippen LogP contribution in [0.3, 0.4) is 0 Å². The summed E-state index contributed by atoms with van der Waals surface area (Å²) in [6.07, 6.45) is 4.42. The summed E-state index contributed by atoms with van der Waals surface area (Å²) in [5.41, 5.74) is 4.33. The quantitative estimate of drug-likeness (QED) is 0.638. The molecular formula is C22H25ClN4O2S. The third-order valence-corrected chi connectivity index (χ3v) is 8.01. The van der Waals surface area contributed by atoms with Crippen molar-refractivity contribution in [3.05, 3.63) is 75.8 Å². The normalized spacial score (nSPS) is 17.9. The number of aromatic amines is 1. The number of pyridine rings is 1. The van der Waals surface area contributed by atoms with Crippen molar-refractivity contribution in [2.24, 2.45) is 0 Å². The van der Waals surface area contributed by atoms with E-state index in [1.165, 1.54) is 5.56 Å². The number of sulfonamides is 1. The molecule has 8 heteroatoms. The van der Waals surface area contributed by atoms with Gasteiger partial charge in [0.2, 0.25) is 10.0 Å². The van der Waals surface area contributed by atoms with Gasteiger partial charge in [0, 0.05) is 35.9 Å². The van der Waals surface area contributed by atoms with E-state index >= 15 is 0 Å². The molecule has 30 heavy (non-hydrogen) atoms. The predicted octanol–water partition coefficient (Wildman–Crippen LogP) is 4.23. The molecule has 0 amide bonds. The molecule has 2 aromatic heterocycles. The summed E-state index contributed by atoms with van der Waals surface area (Å²) in [5.74, 6) is 0.0885. The van der Waals surface area contributed by atoms with Crippen molar-refractivity contribution >= 4 is 21.6 Å². The van der Waals surface area contributed by atoms with Crippen LogP contribution >= 0.6 is 11.6 Å². The standard InChI is InChI=1S/C22H25ClN4O2S/c1-15-22(16(2)26-25-15)30(28,29)27-11-3-4-19(14-27)21-10-7-18(13-24-21)12-17-5-8-20(23)9-6-17/h5-10,13,19H,3-4,11-12,14H2,1-2H3,(H,25,26)/t19-/m0/s1. The fourth-order valence-corrected chi connectivity index (χ4v) is 6.05. The average molecular weight is 445 g/mol. The van der Waals surface area contributed by atoms with Gasteiger partial charge >= 0.3 is 0 Å². The van der Waals surface area contributed by atoms with Crippen molar-refractivity contribution < 1.29 is 8.42 Å². The van der Waals surface area contributed by atoms with Gasteiger partial charge in [-0.25, -0.2) is 8.42 Å². The van der Waals surface area contributed by atoms with E-state index < -0.39 is 10.0 Å². The Kier molecular flexibility index (Phi) is 5.95. The molecule has 158 valence electrons. The van der Waals surface area contributed by atoms with Gasteiger partial charge < -0.3 is 0 Å². The van der Waals surface area contributed by atoms with Gasteiger partial charge in [-0.3, -0.25) is 10.1 Å². The molecule has 1 fully saturated rings. The van der Waals surface area contributed by atoms with Crippen LogP contribution in [0.1, 0.15) is 47.0 Å². The number of H-pyrrole nitrogens is 1. The minimum atomic E-state index is -3.57. The Morgan fingerprint density at radius 3 is 2.50 bits per heavy atom. The lowest BCUT2D eigenvalue weighted by atomic mass is 9.95. The predicted molar refractivity (Wildman–Crippen MR) is 117 cm³/mol. The van der Waals surface area contributed by atoms with Crippen molar-refractivity contribution in [3.8, 4) is 0 Å². The first-order valence-corrected chi connectivity index (χ1v) is 11.9. The van der Waals surface area contributed by atoms with Crippen LogP contribution in [-0.4, -0.2) is 41.0 Å². The van der Waals surface area contributed by atoms with Crippen molar-refractivity contribution in [1.29, 1.82) is 0 Å². The Bertz CT molecular complexity index is 1110. The topological polar surface area (TPSA) is 79.0 Å². The summed E-state index contributed by atoms with van der Waals surface area (Å²) in [5, 5.41) is 7.56. The van der Waals surface area contributed by atoms with Crippen LogP contribution in [0.15, 0.2) is 47.5 Å². The SMILES string of the molecule is Cc1n[nH]c(C)c1S(=O)(=O)N1CCC[C@H](c2ccc(Cc3ccc(Cl)cc3)cn2)C1. The van der Waals surface area contributed by atoms with Crippen LogP contribution in [0.5, 0.6) is 0 Å². The van der Waals surface area contributed by atoms with Gasteiger partial charge in [0.05, 0.1) is 11.4 Å². The fraction of sp³-hybridized carbons (Fsp3) is 0.364. The maximum atomic E-state index is 13.2. The second kappa shape index (κ2) is 8.49. The number of aromatic nitrogens is 3. The maximum absolute atomic E-state index is 13.2. The highest BCUT2D eigenvalue weighted by atomic mass is 35.5. The zero-order valence-electron chi connectivity index (χ0n) is 17.1. The lowest BCUT2D eigenvalue weighted by Crippen LogP contribution is -2.39. The van der Waals surface area contributed by atoms with Gasteiger partial charge in [0.1, 0.15) is 4.90 Å². The van der Waals surface area contributed by atoms with Gasteiger partial charge in [-0.05, 0) is 62.4 Å². The number of aryl methyl sites for hydroxylation is 2. The van der Waals surface area contributed by atoms with Gasteiger partial charge in [0.15, 0.2) is 0 Å². The molecule has 1 saturated heterocycles. The first-order chi connectivity index (χ1) is 14.3. The summed E-state index contributed by atoms with van der Waals surface area (Å²) in [6.45, 7) is 4.43. The molecule has 0 radical (unpaired) electrons. The molecule has 1 N–H and O–H groups in total. The number of nitrogens with zero attached hydrogens (tertiary/aromatic N) is 3. The number of nitrogens with one attached hydrogen (secondary N) is 1. The maximum Gasteiger partial charge on any atom is 0.246 e. The minimum Gasteiger partial charge on any atom is -0.281 e. The minimum absolute atomic E-state index is 0.0885. The lowest BCUT2D eigenvalue weighted by Gasteiger charge is -2.31. The van der Waals surface area contributed by atoms with E-state index in [4.69, 9.17) is 11.6 Å². The van der Waals surface area contributed by atoms with Crippen LogP contribution in [0.2, 0.25) is 5.02 Å². The van der Waals surface area contributed by atoms with E-state index in [0.717, 1.165) is 35.5 Å². The first-order valence-electron chi connectivity index (χ1n) is 10.1. The molecule has 0 unspecified atom stereocenters. The molecule has 1 aliphatic rings. The second-order valence-corrected chi connectivity index (χ2v) is 10.2. The van der Waals surface area contributed by atoms with Crippen molar-refractivity contribution in [2.45, 2.75) is 43.9 Å². The molecule has 4 rings (SSSR count). The zero-order valence-corrected chi connectivity index (χ0v) is 18.7. The number of halogens is 1. The second-order valence-electron chi connectivity index (χ2n) is 7.86. The molecule has 1 aliphatic heterocycles. The van der Waals surface area contributed by atoms with E-state index in [9.17, 15) is 8.42 Å². The fourth-order valence-electron chi connectivity index (χ4n) is 4.07. The molecule has 0 bridgehead atoms. The molecule has 0 spiro atoms. The van der Waals surface area contributed by atoms with Crippen molar-refractivity contribution in [3.63, 3.8) is 0 Å². The summed E-state index contributed by atoms with van der Waals surface area (Å²) in [7, 11) is -3.57. The Morgan fingerprint density at radius 2 is 1.87 bits per heavy atom. The number of benzene rings is 1. The first kappa shape index (κ1) is 21.0. The summed E-state index contributed by atoms with van der Waals surface area (Å²) >= 11 is 5.95. The molecule has 0 saturated carbocycles. The number of rotatable bonds is 5. The third kappa shape index (κ3) is 4.29. The van der Waals surface area contributed by atoms with Crippen molar-refractivity contribution in [1.82, 2.24) is 19.5 Å². The van der Waals surface area contributed by atoms with Crippen molar-refractivity contribution in [2.75, 3.05) is 13.1 Å². The molecular weight excluding hydrogens is 420 g/mol. The molecule has 1 aromatic carbocycles. The van der Waals surface area contributed by atoms with Gasteiger partial charge in [-0.1, -0.05) is 29.8 Å². The van der Waals surface area contributed by atoms with Gasteiger partial charge in [0.25, 0.3) is 0 Å². The molecule has 0 aliphatic carbocycles. The van der Waals surface area contributed by atoms with Gasteiger partial charge in [-0.15, -0.1) is 0 Å². The lowest BCUT2D eigenvalue weighted by molar-refractivity contribution is 0.312. The molecule has 6 nitrogen and oxygen atoms in total. The Hall–Kier alpha value is -2.22. The molecule has 3 aromatic rings. The van der Waals surface area contributed by atoms with Crippen LogP contribution in [0.25, 0.3) is 0 Å². The van der Waals surface area contributed by atoms with Crippen LogP contribution in [-0.2, 0) is 16.4 Å². The molecule has 1 atom stereocenters. The molecule has 3 heterocycles. The zero-order chi connectivity index (χ0) is 21.3. The Morgan fingerprint density at radius 1 is 1.13 bits per heavy atom. The van der Waals surface area contributed by atoms with Crippen LogP contribution in [0.4, 0.5) is 0 Å².